The van der Waals surface area contributed by atoms with Crippen LogP contribution in [0.5, 0.6) is 0 Å². The van der Waals surface area contributed by atoms with Crippen LogP contribution in [0.3, 0.4) is 0 Å². The zero-order valence-corrected chi connectivity index (χ0v) is 5.37. The molecule has 0 N–H and O–H groups in total. The zero-order chi connectivity index (χ0) is 6.53. The Morgan fingerprint density at radius 3 is 3.22 bits per heavy atom. The normalized spacial score (nSPS) is 16.3. The van der Waals surface area contributed by atoms with Crippen molar-refractivity contribution in [3.8, 4) is 0 Å². The lowest BCUT2D eigenvalue weighted by Crippen LogP contribution is -2.10. The lowest BCUT2D eigenvalue weighted by Gasteiger charge is -2.04. The molecule has 0 bridgehead atoms. The lowest BCUT2D eigenvalue weighted by molar-refractivity contribution is 0.327. The predicted molar refractivity (Wildman–Crippen MR) is 35.2 cm³/mol. The van der Waals surface area contributed by atoms with E-state index in [1.54, 1.807) is 12.3 Å². The summed E-state index contributed by atoms with van der Waals surface area (Å²) in [6.45, 7) is 3.11. The molecule has 0 aromatic heterocycles. The van der Waals surface area contributed by atoms with E-state index in [0.29, 0.717) is 19.2 Å². The van der Waals surface area contributed by atoms with E-state index < -0.39 is 0 Å². The van der Waals surface area contributed by atoms with Crippen molar-refractivity contribution in [2.24, 2.45) is 4.99 Å². The Kier molecular flexibility index (Phi) is 2.13. The molecule has 3 nitrogen and oxygen atoms in total. The standard InChI is InChI=1S/C6H9N2O/c1-2-9-6-3-4-7-5-8-6/h3-4H,2,5H2,1H3. The SMILES string of the molecule is CCOC1=NC[N]C=C1. The van der Waals surface area contributed by atoms with E-state index in [4.69, 9.17) is 4.74 Å². The molecule has 0 fully saturated rings. The second-order valence-electron chi connectivity index (χ2n) is 1.57. The topological polar surface area (TPSA) is 35.7 Å². The summed E-state index contributed by atoms with van der Waals surface area (Å²) in [5, 5.41) is 3.86. The Morgan fingerprint density at radius 2 is 2.67 bits per heavy atom. The van der Waals surface area contributed by atoms with Gasteiger partial charge in [0.15, 0.2) is 0 Å². The van der Waals surface area contributed by atoms with Gasteiger partial charge >= 0.3 is 0 Å². The van der Waals surface area contributed by atoms with Crippen LogP contribution in [0, 0.1) is 0 Å². The van der Waals surface area contributed by atoms with Gasteiger partial charge in [-0.15, -0.1) is 0 Å². The van der Waals surface area contributed by atoms with E-state index in [1.165, 1.54) is 0 Å². The fraction of sp³-hybridized carbons (Fsp3) is 0.500. The van der Waals surface area contributed by atoms with E-state index in [9.17, 15) is 0 Å². The fourth-order valence-corrected chi connectivity index (χ4v) is 0.568. The van der Waals surface area contributed by atoms with Gasteiger partial charge in [0.05, 0.1) is 6.61 Å². The van der Waals surface area contributed by atoms with Gasteiger partial charge in [-0.2, -0.15) is 0 Å². The summed E-state index contributed by atoms with van der Waals surface area (Å²) in [6.07, 6.45) is 3.46. The van der Waals surface area contributed by atoms with Gasteiger partial charge in [-0.05, 0) is 6.92 Å². The number of ether oxygens (including phenoxy) is 1. The molecular formula is C6H9N2O. The van der Waals surface area contributed by atoms with Gasteiger partial charge in [0.25, 0.3) is 0 Å². The number of hydrogen-bond donors (Lipinski definition) is 0. The fourth-order valence-electron chi connectivity index (χ4n) is 0.568. The van der Waals surface area contributed by atoms with Gasteiger partial charge in [-0.25, -0.2) is 4.99 Å². The molecule has 0 atom stereocenters. The molecule has 0 amide bonds. The Bertz CT molecular complexity index is 140. The first-order valence-electron chi connectivity index (χ1n) is 2.94. The van der Waals surface area contributed by atoms with E-state index in [2.05, 4.69) is 10.3 Å². The van der Waals surface area contributed by atoms with Crippen LogP contribution in [-0.4, -0.2) is 19.2 Å². The predicted octanol–water partition coefficient (Wildman–Crippen LogP) is 0.511. The van der Waals surface area contributed by atoms with Crippen molar-refractivity contribution >= 4 is 5.90 Å². The largest absolute Gasteiger partial charge is 0.478 e. The summed E-state index contributed by atoms with van der Waals surface area (Å²) in [6, 6.07) is 0. The molecule has 0 unspecified atom stereocenters. The first kappa shape index (κ1) is 6.13. The molecule has 1 rings (SSSR count). The van der Waals surface area contributed by atoms with Crippen LogP contribution in [0.1, 0.15) is 6.92 Å². The minimum atomic E-state index is 0.506. The molecule has 1 aliphatic rings. The van der Waals surface area contributed by atoms with Crippen LogP contribution < -0.4 is 5.32 Å². The van der Waals surface area contributed by atoms with Crippen molar-refractivity contribution in [1.29, 1.82) is 0 Å². The molecule has 9 heavy (non-hydrogen) atoms. The number of hydrogen-bond acceptors (Lipinski definition) is 2. The van der Waals surface area contributed by atoms with Crippen molar-refractivity contribution < 1.29 is 4.74 Å². The molecule has 1 aliphatic heterocycles. The first-order chi connectivity index (χ1) is 4.43. The van der Waals surface area contributed by atoms with E-state index >= 15 is 0 Å². The van der Waals surface area contributed by atoms with E-state index in [1.807, 2.05) is 6.92 Å². The van der Waals surface area contributed by atoms with Crippen molar-refractivity contribution in [3.05, 3.63) is 12.3 Å². The highest BCUT2D eigenvalue weighted by Crippen LogP contribution is 1.90. The summed E-state index contributed by atoms with van der Waals surface area (Å²) in [5.41, 5.74) is 0. The molecule has 1 heterocycles. The molecule has 0 spiro atoms. The second-order valence-corrected chi connectivity index (χ2v) is 1.57. The van der Waals surface area contributed by atoms with Crippen molar-refractivity contribution in [1.82, 2.24) is 5.32 Å². The van der Waals surface area contributed by atoms with Crippen molar-refractivity contribution in [2.45, 2.75) is 6.92 Å². The first-order valence-corrected chi connectivity index (χ1v) is 2.94. The van der Waals surface area contributed by atoms with Crippen LogP contribution in [0.4, 0.5) is 0 Å². The molecule has 0 saturated carbocycles. The van der Waals surface area contributed by atoms with E-state index in [0.717, 1.165) is 0 Å². The average molecular weight is 125 g/mol. The lowest BCUT2D eigenvalue weighted by atomic mass is 10.5. The maximum atomic E-state index is 5.09. The van der Waals surface area contributed by atoms with Crippen LogP contribution in [0.25, 0.3) is 0 Å². The highest BCUT2D eigenvalue weighted by atomic mass is 16.5. The minimum absolute atomic E-state index is 0.506. The van der Waals surface area contributed by atoms with Gasteiger partial charge < -0.3 is 4.74 Å². The molecule has 0 saturated heterocycles. The average Bonchev–Trinajstić information content (AvgIpc) is 1.91. The maximum absolute atomic E-state index is 5.09. The molecule has 0 aromatic carbocycles. The number of aliphatic imine (C=N–C) groups is 1. The van der Waals surface area contributed by atoms with Gasteiger partial charge in [0.2, 0.25) is 5.90 Å². The van der Waals surface area contributed by atoms with Gasteiger partial charge in [-0.1, -0.05) is 0 Å². The quantitative estimate of drug-likeness (QED) is 0.503. The third-order valence-corrected chi connectivity index (χ3v) is 0.923. The third kappa shape index (κ3) is 1.76. The monoisotopic (exact) mass is 125 g/mol. The number of nitrogens with zero attached hydrogens (tertiary/aromatic N) is 2. The Labute approximate surface area is 54.4 Å². The van der Waals surface area contributed by atoms with Gasteiger partial charge in [-0.3, -0.25) is 5.32 Å². The van der Waals surface area contributed by atoms with Gasteiger partial charge in [0, 0.05) is 12.3 Å². The molecule has 49 valence electrons. The second kappa shape index (κ2) is 3.12. The van der Waals surface area contributed by atoms with Crippen LogP contribution in [0.2, 0.25) is 0 Å². The summed E-state index contributed by atoms with van der Waals surface area (Å²) in [7, 11) is 0. The highest BCUT2D eigenvalue weighted by Gasteiger charge is 1.95. The van der Waals surface area contributed by atoms with E-state index in [-0.39, 0.29) is 0 Å². The van der Waals surface area contributed by atoms with Crippen LogP contribution >= 0.6 is 0 Å². The summed E-state index contributed by atoms with van der Waals surface area (Å²) >= 11 is 0. The molecule has 0 aromatic rings. The number of rotatable bonds is 1. The molecule has 1 radical (unpaired) electrons. The summed E-state index contributed by atoms with van der Waals surface area (Å²) < 4.78 is 5.09. The molecule has 3 heteroatoms. The summed E-state index contributed by atoms with van der Waals surface area (Å²) in [4.78, 5) is 3.96. The Morgan fingerprint density at radius 1 is 1.78 bits per heavy atom. The Hall–Kier alpha value is -0.990. The Balaban J connectivity index is 2.38. The van der Waals surface area contributed by atoms with Crippen LogP contribution in [-0.2, 0) is 4.74 Å². The minimum Gasteiger partial charge on any atom is -0.478 e. The zero-order valence-electron chi connectivity index (χ0n) is 5.37. The summed E-state index contributed by atoms with van der Waals surface area (Å²) in [5.74, 6) is 0.688. The van der Waals surface area contributed by atoms with Crippen LogP contribution in [0.15, 0.2) is 17.3 Å². The highest BCUT2D eigenvalue weighted by molar-refractivity contribution is 5.87. The van der Waals surface area contributed by atoms with Crippen molar-refractivity contribution in [3.63, 3.8) is 0 Å². The smallest absolute Gasteiger partial charge is 0.211 e. The molecule has 0 aliphatic carbocycles. The molecular weight excluding hydrogens is 116 g/mol. The maximum Gasteiger partial charge on any atom is 0.211 e. The van der Waals surface area contributed by atoms with Gasteiger partial charge in [0.1, 0.15) is 6.67 Å². The van der Waals surface area contributed by atoms with Crippen molar-refractivity contribution in [2.75, 3.05) is 13.3 Å². The third-order valence-electron chi connectivity index (χ3n) is 0.923.